The first-order chi connectivity index (χ1) is 4.70. The molecular formula is C9H15Cl. The molecule has 0 heterocycles. The third kappa shape index (κ3) is 4.63. The lowest BCUT2D eigenvalue weighted by Gasteiger charge is -2.00. The summed E-state index contributed by atoms with van der Waals surface area (Å²) < 4.78 is 0. The molecule has 1 atom stereocenters. The number of rotatable bonds is 4. The van der Waals surface area contributed by atoms with Crippen molar-refractivity contribution in [2.24, 2.45) is 0 Å². The van der Waals surface area contributed by atoms with Crippen LogP contribution in [0.1, 0.15) is 26.7 Å². The number of alkyl halides is 1. The highest BCUT2D eigenvalue weighted by atomic mass is 35.5. The highest BCUT2D eigenvalue weighted by molar-refractivity contribution is 6.21. The van der Waals surface area contributed by atoms with Gasteiger partial charge < -0.3 is 0 Å². The Balaban J connectivity index is 3.73. The molecule has 0 fully saturated rings. The predicted octanol–water partition coefficient (Wildman–Crippen LogP) is 3.53. The van der Waals surface area contributed by atoms with Crippen LogP contribution in [0.15, 0.2) is 24.3 Å². The summed E-state index contributed by atoms with van der Waals surface area (Å²) in [5.41, 5.74) is 1.16. The van der Waals surface area contributed by atoms with Crippen LogP contribution in [-0.4, -0.2) is 5.38 Å². The van der Waals surface area contributed by atoms with Crippen LogP contribution < -0.4 is 0 Å². The smallest absolute Gasteiger partial charge is 0.0521 e. The lowest BCUT2D eigenvalue weighted by molar-refractivity contribution is 0.818. The zero-order valence-electron chi connectivity index (χ0n) is 6.73. The van der Waals surface area contributed by atoms with Crippen molar-refractivity contribution in [3.8, 4) is 0 Å². The SMILES string of the molecule is C=CC(C)=CC(Cl)CCC. The van der Waals surface area contributed by atoms with Crippen molar-refractivity contribution < 1.29 is 0 Å². The molecule has 0 aromatic rings. The third-order valence-corrected chi connectivity index (χ3v) is 1.67. The molecule has 0 aromatic heterocycles. The normalized spacial score (nSPS) is 14.9. The van der Waals surface area contributed by atoms with E-state index in [-0.39, 0.29) is 5.38 Å². The molecule has 1 unspecified atom stereocenters. The van der Waals surface area contributed by atoms with Crippen molar-refractivity contribution in [1.82, 2.24) is 0 Å². The first kappa shape index (κ1) is 9.77. The van der Waals surface area contributed by atoms with E-state index in [2.05, 4.69) is 13.5 Å². The lowest BCUT2D eigenvalue weighted by atomic mass is 10.2. The quantitative estimate of drug-likeness (QED) is 0.434. The molecule has 0 aliphatic heterocycles. The maximum Gasteiger partial charge on any atom is 0.0521 e. The average molecular weight is 159 g/mol. The first-order valence-electron chi connectivity index (χ1n) is 3.65. The number of allylic oxidation sites excluding steroid dienone is 3. The Kier molecular flexibility index (Phi) is 5.42. The van der Waals surface area contributed by atoms with E-state index in [0.29, 0.717) is 0 Å². The van der Waals surface area contributed by atoms with Crippen molar-refractivity contribution in [3.63, 3.8) is 0 Å². The van der Waals surface area contributed by atoms with Crippen LogP contribution in [0.2, 0.25) is 0 Å². The highest BCUT2D eigenvalue weighted by Gasteiger charge is 1.96. The van der Waals surface area contributed by atoms with Gasteiger partial charge in [0.2, 0.25) is 0 Å². The second-order valence-electron chi connectivity index (χ2n) is 2.42. The summed E-state index contributed by atoms with van der Waals surface area (Å²) in [6.45, 7) is 7.79. The van der Waals surface area contributed by atoms with Crippen molar-refractivity contribution in [3.05, 3.63) is 24.3 Å². The standard InChI is InChI=1S/C9H15Cl/c1-4-6-9(10)7-8(3)5-2/h5,7,9H,2,4,6H2,1,3H3. The maximum atomic E-state index is 5.93. The lowest BCUT2D eigenvalue weighted by Crippen LogP contribution is -1.92. The van der Waals surface area contributed by atoms with Gasteiger partial charge >= 0.3 is 0 Å². The summed E-state index contributed by atoms with van der Waals surface area (Å²) in [5, 5.41) is 0.183. The van der Waals surface area contributed by atoms with Crippen molar-refractivity contribution in [2.75, 3.05) is 0 Å². The zero-order chi connectivity index (χ0) is 7.98. The van der Waals surface area contributed by atoms with Gasteiger partial charge in [-0.25, -0.2) is 0 Å². The van der Waals surface area contributed by atoms with Crippen LogP contribution in [0, 0.1) is 0 Å². The van der Waals surface area contributed by atoms with Crippen molar-refractivity contribution >= 4 is 11.6 Å². The van der Waals surface area contributed by atoms with E-state index >= 15 is 0 Å². The Labute approximate surface area is 68.6 Å². The zero-order valence-corrected chi connectivity index (χ0v) is 7.49. The molecule has 0 aliphatic rings. The van der Waals surface area contributed by atoms with Gasteiger partial charge in [-0.15, -0.1) is 11.6 Å². The Morgan fingerprint density at radius 2 is 2.30 bits per heavy atom. The molecule has 0 saturated heterocycles. The Hall–Kier alpha value is -0.230. The van der Waals surface area contributed by atoms with Gasteiger partial charge in [0.15, 0.2) is 0 Å². The Morgan fingerprint density at radius 1 is 1.70 bits per heavy atom. The van der Waals surface area contributed by atoms with Gasteiger partial charge in [0.1, 0.15) is 0 Å². The number of hydrogen-bond donors (Lipinski definition) is 0. The maximum absolute atomic E-state index is 5.93. The van der Waals surface area contributed by atoms with E-state index in [4.69, 9.17) is 11.6 Å². The minimum absolute atomic E-state index is 0.183. The highest BCUT2D eigenvalue weighted by Crippen LogP contribution is 2.09. The van der Waals surface area contributed by atoms with Crippen LogP contribution in [0.25, 0.3) is 0 Å². The van der Waals surface area contributed by atoms with Crippen molar-refractivity contribution in [2.45, 2.75) is 32.1 Å². The molecule has 0 radical (unpaired) electrons. The van der Waals surface area contributed by atoms with E-state index in [1.165, 1.54) is 0 Å². The minimum Gasteiger partial charge on any atom is -0.118 e. The Bertz CT molecular complexity index is 125. The molecule has 10 heavy (non-hydrogen) atoms. The molecule has 0 aliphatic carbocycles. The average Bonchev–Trinajstić information content (AvgIpc) is 1.88. The van der Waals surface area contributed by atoms with E-state index in [0.717, 1.165) is 18.4 Å². The third-order valence-electron chi connectivity index (χ3n) is 1.33. The monoisotopic (exact) mass is 158 g/mol. The fourth-order valence-electron chi connectivity index (χ4n) is 0.712. The summed E-state index contributed by atoms with van der Waals surface area (Å²) in [7, 11) is 0. The van der Waals surface area contributed by atoms with Crippen LogP contribution >= 0.6 is 11.6 Å². The van der Waals surface area contributed by atoms with Gasteiger partial charge in [0.25, 0.3) is 0 Å². The van der Waals surface area contributed by atoms with E-state index in [1.54, 1.807) is 0 Å². The van der Waals surface area contributed by atoms with Crippen LogP contribution in [0.5, 0.6) is 0 Å². The molecule has 0 rings (SSSR count). The van der Waals surface area contributed by atoms with Gasteiger partial charge in [0.05, 0.1) is 5.38 Å². The van der Waals surface area contributed by atoms with E-state index < -0.39 is 0 Å². The van der Waals surface area contributed by atoms with Gasteiger partial charge in [-0.05, 0) is 13.3 Å². The van der Waals surface area contributed by atoms with Gasteiger partial charge in [-0.2, -0.15) is 0 Å². The topological polar surface area (TPSA) is 0 Å². The number of hydrogen-bond acceptors (Lipinski definition) is 0. The molecule has 0 nitrogen and oxygen atoms in total. The summed E-state index contributed by atoms with van der Waals surface area (Å²) in [5.74, 6) is 0. The molecule has 0 aromatic carbocycles. The fraction of sp³-hybridized carbons (Fsp3) is 0.556. The Morgan fingerprint density at radius 3 is 2.70 bits per heavy atom. The second-order valence-corrected chi connectivity index (χ2v) is 2.98. The molecule has 0 N–H and O–H groups in total. The molecule has 58 valence electrons. The molecule has 0 spiro atoms. The minimum atomic E-state index is 0.183. The van der Waals surface area contributed by atoms with Crippen LogP contribution in [-0.2, 0) is 0 Å². The molecule has 0 saturated carbocycles. The summed E-state index contributed by atoms with van der Waals surface area (Å²) in [6.07, 6.45) is 6.05. The van der Waals surface area contributed by atoms with E-state index in [9.17, 15) is 0 Å². The predicted molar refractivity (Wildman–Crippen MR) is 48.5 cm³/mol. The van der Waals surface area contributed by atoms with E-state index in [1.807, 2.05) is 19.1 Å². The molecule has 0 bridgehead atoms. The summed E-state index contributed by atoms with van der Waals surface area (Å²) in [4.78, 5) is 0. The van der Waals surface area contributed by atoms with Crippen LogP contribution in [0.4, 0.5) is 0 Å². The fourth-order valence-corrected chi connectivity index (χ4v) is 1.13. The number of halogens is 1. The van der Waals surface area contributed by atoms with Gasteiger partial charge in [-0.1, -0.05) is 37.6 Å². The summed E-state index contributed by atoms with van der Waals surface area (Å²) >= 11 is 5.93. The second kappa shape index (κ2) is 5.55. The molecule has 1 heteroatoms. The molecular weight excluding hydrogens is 144 g/mol. The largest absolute Gasteiger partial charge is 0.118 e. The van der Waals surface area contributed by atoms with Gasteiger partial charge in [0, 0.05) is 0 Å². The molecule has 0 amide bonds. The van der Waals surface area contributed by atoms with Crippen molar-refractivity contribution in [1.29, 1.82) is 0 Å². The first-order valence-corrected chi connectivity index (χ1v) is 4.09. The summed E-state index contributed by atoms with van der Waals surface area (Å²) in [6, 6.07) is 0. The van der Waals surface area contributed by atoms with Gasteiger partial charge in [-0.3, -0.25) is 0 Å². The van der Waals surface area contributed by atoms with Crippen LogP contribution in [0.3, 0.4) is 0 Å².